The Bertz CT molecular complexity index is 163. The molecule has 0 aromatic rings. The summed E-state index contributed by atoms with van der Waals surface area (Å²) in [5.74, 6) is -0.0886. The van der Waals surface area contributed by atoms with E-state index in [0.717, 1.165) is 19.3 Å². The molecule has 1 N–H and O–H groups in total. The fraction of sp³-hybridized carbons (Fsp3) is 0.875. The van der Waals surface area contributed by atoms with Crippen molar-refractivity contribution in [3.05, 3.63) is 0 Å². The molecule has 1 aliphatic carbocycles. The van der Waals surface area contributed by atoms with E-state index in [9.17, 15) is 4.79 Å². The summed E-state index contributed by atoms with van der Waals surface area (Å²) < 4.78 is 0. The fourth-order valence-electron chi connectivity index (χ4n) is 1.49. The minimum absolute atomic E-state index is 0.0279. The van der Waals surface area contributed by atoms with E-state index in [1.165, 1.54) is 6.42 Å². The summed E-state index contributed by atoms with van der Waals surface area (Å²) in [5, 5.41) is 2.90. The Labute approximate surface area is 82.6 Å². The Balaban J connectivity index is 2.33. The zero-order chi connectivity index (χ0) is 8.97. The van der Waals surface area contributed by atoms with E-state index in [4.69, 9.17) is 23.2 Å². The van der Waals surface area contributed by atoms with Gasteiger partial charge in [-0.25, -0.2) is 0 Å². The second-order valence-electron chi connectivity index (χ2n) is 3.11. The molecule has 0 heterocycles. The van der Waals surface area contributed by atoms with Crippen LogP contribution in [0.4, 0.5) is 0 Å². The highest BCUT2D eigenvalue weighted by molar-refractivity contribution is 6.27. The third kappa shape index (κ3) is 2.83. The van der Waals surface area contributed by atoms with Crippen LogP contribution in [0.5, 0.6) is 0 Å². The lowest BCUT2D eigenvalue weighted by molar-refractivity contribution is -0.119. The smallest absolute Gasteiger partial charge is 0.235 e. The van der Waals surface area contributed by atoms with Gasteiger partial charge in [0.05, 0.1) is 5.38 Å². The first kappa shape index (κ1) is 10.1. The molecule has 1 saturated carbocycles. The number of hydrogen-bond donors (Lipinski definition) is 1. The average molecular weight is 210 g/mol. The molecule has 0 aromatic carbocycles. The molecule has 0 aromatic heterocycles. The predicted octanol–water partition coefficient (Wildman–Crippen LogP) is 1.89. The molecule has 0 radical (unpaired) electrons. The maximum absolute atomic E-state index is 10.9. The molecule has 2 nitrogen and oxygen atoms in total. The Hall–Kier alpha value is 0.0500. The monoisotopic (exact) mass is 209 g/mol. The van der Waals surface area contributed by atoms with E-state index >= 15 is 0 Å². The van der Waals surface area contributed by atoms with Crippen molar-refractivity contribution in [1.82, 2.24) is 5.32 Å². The van der Waals surface area contributed by atoms with Gasteiger partial charge in [0.15, 0.2) is 0 Å². The van der Waals surface area contributed by atoms with E-state index < -0.39 is 0 Å². The molecular weight excluding hydrogens is 197 g/mol. The SMILES string of the molecule is O=C(CCl)N[C@H]1CCCC[C@@H]1Cl. The van der Waals surface area contributed by atoms with Crippen molar-refractivity contribution in [3.63, 3.8) is 0 Å². The first-order valence-corrected chi connectivity index (χ1v) is 5.20. The van der Waals surface area contributed by atoms with Gasteiger partial charge in [0.25, 0.3) is 0 Å². The number of carbonyl (C=O) groups is 1. The van der Waals surface area contributed by atoms with Gasteiger partial charge >= 0.3 is 0 Å². The number of carbonyl (C=O) groups excluding carboxylic acids is 1. The molecule has 12 heavy (non-hydrogen) atoms. The van der Waals surface area contributed by atoms with E-state index in [1.54, 1.807) is 0 Å². The van der Waals surface area contributed by atoms with E-state index in [1.807, 2.05) is 0 Å². The van der Waals surface area contributed by atoms with Gasteiger partial charge in [-0.15, -0.1) is 23.2 Å². The van der Waals surface area contributed by atoms with Crippen LogP contribution in [0.1, 0.15) is 25.7 Å². The molecule has 1 aliphatic rings. The van der Waals surface area contributed by atoms with Crippen LogP contribution in [0, 0.1) is 0 Å². The maximum Gasteiger partial charge on any atom is 0.235 e. The summed E-state index contributed by atoms with van der Waals surface area (Å²) in [4.78, 5) is 10.9. The van der Waals surface area contributed by atoms with Crippen molar-refractivity contribution in [2.75, 3.05) is 5.88 Å². The van der Waals surface area contributed by atoms with Gasteiger partial charge in [0.1, 0.15) is 5.88 Å². The second kappa shape index (κ2) is 4.93. The minimum atomic E-state index is -0.116. The van der Waals surface area contributed by atoms with E-state index in [2.05, 4.69) is 5.32 Å². The lowest BCUT2D eigenvalue weighted by atomic mass is 9.95. The fourth-order valence-corrected chi connectivity index (χ4v) is 1.91. The van der Waals surface area contributed by atoms with Gasteiger partial charge in [-0.3, -0.25) is 4.79 Å². The van der Waals surface area contributed by atoms with Crippen LogP contribution in [-0.2, 0) is 4.79 Å². The molecule has 70 valence electrons. The number of amides is 1. The number of nitrogens with one attached hydrogen (secondary N) is 1. The molecule has 1 amide bonds. The van der Waals surface area contributed by atoms with Crippen LogP contribution >= 0.6 is 23.2 Å². The molecule has 0 spiro atoms. The first-order valence-electron chi connectivity index (χ1n) is 4.23. The van der Waals surface area contributed by atoms with Gasteiger partial charge in [0, 0.05) is 6.04 Å². The normalized spacial score (nSPS) is 29.8. The Kier molecular flexibility index (Phi) is 4.16. The van der Waals surface area contributed by atoms with Gasteiger partial charge in [-0.1, -0.05) is 12.8 Å². The van der Waals surface area contributed by atoms with Crippen molar-refractivity contribution >= 4 is 29.1 Å². The van der Waals surface area contributed by atoms with Crippen LogP contribution in [0.2, 0.25) is 0 Å². The van der Waals surface area contributed by atoms with Crippen LogP contribution in [0.15, 0.2) is 0 Å². The molecule has 2 atom stereocenters. The summed E-state index contributed by atoms with van der Waals surface area (Å²) in [6.45, 7) is 0. The molecule has 1 fully saturated rings. The highest BCUT2D eigenvalue weighted by Crippen LogP contribution is 2.22. The summed E-state index contributed by atoms with van der Waals surface area (Å²) in [6.07, 6.45) is 4.30. The topological polar surface area (TPSA) is 29.1 Å². The van der Waals surface area contributed by atoms with Crippen molar-refractivity contribution in [1.29, 1.82) is 0 Å². The van der Waals surface area contributed by atoms with Gasteiger partial charge < -0.3 is 5.32 Å². The molecule has 4 heteroatoms. The maximum atomic E-state index is 10.9. The van der Waals surface area contributed by atoms with Crippen LogP contribution in [0.25, 0.3) is 0 Å². The van der Waals surface area contributed by atoms with Crippen molar-refractivity contribution in [3.8, 4) is 0 Å². The van der Waals surface area contributed by atoms with Crippen LogP contribution < -0.4 is 5.32 Å². The van der Waals surface area contributed by atoms with Gasteiger partial charge in [-0.2, -0.15) is 0 Å². The van der Waals surface area contributed by atoms with Gasteiger partial charge in [-0.05, 0) is 12.8 Å². The van der Waals surface area contributed by atoms with E-state index in [0.29, 0.717) is 0 Å². The van der Waals surface area contributed by atoms with Crippen molar-refractivity contribution < 1.29 is 4.79 Å². The first-order chi connectivity index (χ1) is 5.74. The lowest BCUT2D eigenvalue weighted by Crippen LogP contribution is -2.43. The summed E-state index contributed by atoms with van der Waals surface area (Å²) in [6, 6.07) is 0.131. The molecule has 0 unspecified atom stereocenters. The van der Waals surface area contributed by atoms with E-state index in [-0.39, 0.29) is 23.2 Å². The quantitative estimate of drug-likeness (QED) is 0.693. The Morgan fingerprint density at radius 3 is 2.67 bits per heavy atom. The number of rotatable bonds is 2. The molecule has 0 bridgehead atoms. The highest BCUT2D eigenvalue weighted by Gasteiger charge is 2.23. The second-order valence-corrected chi connectivity index (χ2v) is 3.94. The third-order valence-electron chi connectivity index (χ3n) is 2.15. The number of hydrogen-bond acceptors (Lipinski definition) is 1. The Morgan fingerprint density at radius 2 is 2.08 bits per heavy atom. The Morgan fingerprint density at radius 1 is 1.42 bits per heavy atom. The average Bonchev–Trinajstić information content (AvgIpc) is 2.09. The highest BCUT2D eigenvalue weighted by atomic mass is 35.5. The number of alkyl halides is 2. The lowest BCUT2D eigenvalue weighted by Gasteiger charge is -2.27. The minimum Gasteiger partial charge on any atom is -0.351 e. The molecule has 1 rings (SSSR count). The van der Waals surface area contributed by atoms with Crippen molar-refractivity contribution in [2.45, 2.75) is 37.1 Å². The van der Waals surface area contributed by atoms with Crippen LogP contribution in [0.3, 0.4) is 0 Å². The van der Waals surface area contributed by atoms with Gasteiger partial charge in [0.2, 0.25) is 5.91 Å². The summed E-state index contributed by atoms with van der Waals surface area (Å²) >= 11 is 11.4. The zero-order valence-electron chi connectivity index (χ0n) is 6.85. The third-order valence-corrected chi connectivity index (χ3v) is 2.91. The van der Waals surface area contributed by atoms with Crippen molar-refractivity contribution in [2.24, 2.45) is 0 Å². The molecule has 0 saturated heterocycles. The standard InChI is InChI=1S/C8H13Cl2NO/c9-5-8(12)11-7-4-2-1-3-6(7)10/h6-7H,1-5H2,(H,11,12)/t6-,7-/m0/s1. The summed E-state index contributed by atoms with van der Waals surface area (Å²) in [7, 11) is 0. The largest absolute Gasteiger partial charge is 0.351 e. The predicted molar refractivity (Wildman–Crippen MR) is 50.8 cm³/mol. The number of halogens is 2. The molecular formula is C8H13Cl2NO. The van der Waals surface area contributed by atoms with Crippen LogP contribution in [-0.4, -0.2) is 23.2 Å². The summed E-state index contributed by atoms with van der Waals surface area (Å²) in [5.41, 5.74) is 0. The molecule has 0 aliphatic heterocycles. The zero-order valence-corrected chi connectivity index (χ0v) is 8.37.